The first-order valence-corrected chi connectivity index (χ1v) is 5.85. The molecule has 3 rings (SSSR count). The quantitative estimate of drug-likeness (QED) is 0.772. The number of aromatic nitrogens is 1. The molecule has 2 nitrogen and oxygen atoms in total. The molecule has 0 radical (unpaired) electrons. The SMILES string of the molecule is CNc1c2c(nc3ccsc13)CCC2. The number of pyridine rings is 1. The molecular weight excluding hydrogens is 192 g/mol. The molecule has 0 atom stereocenters. The van der Waals surface area contributed by atoms with Crippen LogP contribution in [-0.2, 0) is 12.8 Å². The van der Waals surface area contributed by atoms with Gasteiger partial charge >= 0.3 is 0 Å². The first kappa shape index (κ1) is 8.24. The van der Waals surface area contributed by atoms with E-state index in [9.17, 15) is 0 Å². The average molecular weight is 204 g/mol. The number of hydrogen-bond donors (Lipinski definition) is 1. The van der Waals surface area contributed by atoms with Crippen molar-refractivity contribution in [1.29, 1.82) is 0 Å². The molecule has 0 aromatic carbocycles. The van der Waals surface area contributed by atoms with E-state index in [2.05, 4.69) is 16.8 Å². The Morgan fingerprint density at radius 2 is 2.36 bits per heavy atom. The van der Waals surface area contributed by atoms with Gasteiger partial charge in [0, 0.05) is 12.7 Å². The second-order valence-corrected chi connectivity index (χ2v) is 4.57. The summed E-state index contributed by atoms with van der Waals surface area (Å²) in [6, 6.07) is 2.11. The van der Waals surface area contributed by atoms with Crippen LogP contribution in [0.5, 0.6) is 0 Å². The highest BCUT2D eigenvalue weighted by Gasteiger charge is 2.19. The number of thiophene rings is 1. The lowest BCUT2D eigenvalue weighted by Crippen LogP contribution is -1.97. The third-order valence-electron chi connectivity index (χ3n) is 2.87. The summed E-state index contributed by atoms with van der Waals surface area (Å²) >= 11 is 1.78. The average Bonchev–Trinajstić information content (AvgIpc) is 2.80. The molecule has 2 aromatic heterocycles. The molecule has 1 aliphatic carbocycles. The molecule has 0 bridgehead atoms. The molecule has 1 N–H and O–H groups in total. The van der Waals surface area contributed by atoms with Gasteiger partial charge in [-0.2, -0.15) is 0 Å². The third-order valence-corrected chi connectivity index (χ3v) is 3.79. The molecule has 14 heavy (non-hydrogen) atoms. The van der Waals surface area contributed by atoms with Crippen LogP contribution in [0, 0.1) is 0 Å². The van der Waals surface area contributed by atoms with E-state index in [1.54, 1.807) is 11.3 Å². The van der Waals surface area contributed by atoms with Gasteiger partial charge in [-0.3, -0.25) is 4.98 Å². The van der Waals surface area contributed by atoms with Crippen molar-refractivity contribution in [1.82, 2.24) is 4.98 Å². The number of fused-ring (bicyclic) bond motifs is 2. The Morgan fingerprint density at radius 1 is 1.43 bits per heavy atom. The minimum absolute atomic E-state index is 1.15. The van der Waals surface area contributed by atoms with E-state index in [4.69, 9.17) is 4.98 Å². The Kier molecular flexibility index (Phi) is 1.74. The predicted octanol–water partition coefficient (Wildman–Crippen LogP) is 2.83. The molecule has 0 aliphatic heterocycles. The topological polar surface area (TPSA) is 24.9 Å². The Bertz CT molecular complexity index is 487. The van der Waals surface area contributed by atoms with Crippen LogP contribution in [0.4, 0.5) is 5.69 Å². The first-order chi connectivity index (χ1) is 6.90. The van der Waals surface area contributed by atoms with Gasteiger partial charge in [-0.1, -0.05) is 0 Å². The lowest BCUT2D eigenvalue weighted by molar-refractivity contribution is 0.901. The highest BCUT2D eigenvalue weighted by molar-refractivity contribution is 7.17. The Hall–Kier alpha value is -1.09. The molecule has 3 heteroatoms. The zero-order chi connectivity index (χ0) is 9.54. The first-order valence-electron chi connectivity index (χ1n) is 4.97. The molecule has 0 saturated carbocycles. The van der Waals surface area contributed by atoms with Crippen LogP contribution in [0.25, 0.3) is 10.2 Å². The summed E-state index contributed by atoms with van der Waals surface area (Å²) < 4.78 is 1.31. The molecule has 1 aliphatic rings. The van der Waals surface area contributed by atoms with Crippen molar-refractivity contribution in [3.05, 3.63) is 22.7 Å². The summed E-state index contributed by atoms with van der Waals surface area (Å²) in [5, 5.41) is 5.45. The van der Waals surface area contributed by atoms with E-state index in [1.165, 1.54) is 34.5 Å². The van der Waals surface area contributed by atoms with Crippen LogP contribution in [0.1, 0.15) is 17.7 Å². The van der Waals surface area contributed by atoms with E-state index >= 15 is 0 Å². The van der Waals surface area contributed by atoms with Crippen molar-refractivity contribution < 1.29 is 0 Å². The summed E-state index contributed by atoms with van der Waals surface area (Å²) in [5.74, 6) is 0. The smallest absolute Gasteiger partial charge is 0.0834 e. The van der Waals surface area contributed by atoms with Crippen LogP contribution in [0.2, 0.25) is 0 Å². The minimum atomic E-state index is 1.15. The normalized spacial score (nSPS) is 14.6. The lowest BCUT2D eigenvalue weighted by Gasteiger charge is -2.08. The molecule has 2 aromatic rings. The third kappa shape index (κ3) is 0.989. The van der Waals surface area contributed by atoms with Crippen LogP contribution in [0.3, 0.4) is 0 Å². The predicted molar refractivity (Wildman–Crippen MR) is 61.2 cm³/mol. The number of nitrogens with one attached hydrogen (secondary N) is 1. The second kappa shape index (κ2) is 2.95. The van der Waals surface area contributed by atoms with Crippen LogP contribution in [-0.4, -0.2) is 12.0 Å². The van der Waals surface area contributed by atoms with Gasteiger partial charge < -0.3 is 5.32 Å². The van der Waals surface area contributed by atoms with Gasteiger partial charge in [-0.05, 0) is 36.3 Å². The molecule has 0 spiro atoms. The summed E-state index contributed by atoms with van der Waals surface area (Å²) in [6.45, 7) is 0. The van der Waals surface area contributed by atoms with Gasteiger partial charge in [0.1, 0.15) is 0 Å². The molecule has 0 saturated heterocycles. The van der Waals surface area contributed by atoms with Crippen molar-refractivity contribution in [2.75, 3.05) is 12.4 Å². The van der Waals surface area contributed by atoms with Gasteiger partial charge in [-0.25, -0.2) is 0 Å². The standard InChI is InChI=1S/C11H12N2S/c1-12-10-7-3-2-4-8(7)13-9-5-6-14-11(9)10/h5-6H,2-4H2,1H3,(H,12,13). The highest BCUT2D eigenvalue weighted by Crippen LogP contribution is 2.36. The van der Waals surface area contributed by atoms with Crippen LogP contribution < -0.4 is 5.32 Å². The van der Waals surface area contributed by atoms with Gasteiger partial charge in [0.25, 0.3) is 0 Å². The zero-order valence-corrected chi connectivity index (χ0v) is 8.95. The van der Waals surface area contributed by atoms with E-state index in [1.807, 2.05) is 7.05 Å². The van der Waals surface area contributed by atoms with Gasteiger partial charge in [0.05, 0.1) is 15.9 Å². The Balaban J connectivity index is 2.40. The zero-order valence-electron chi connectivity index (χ0n) is 8.13. The molecule has 0 amide bonds. The van der Waals surface area contributed by atoms with Crippen molar-refractivity contribution >= 4 is 27.2 Å². The van der Waals surface area contributed by atoms with Gasteiger partial charge in [0.15, 0.2) is 0 Å². The Morgan fingerprint density at radius 3 is 3.21 bits per heavy atom. The van der Waals surface area contributed by atoms with Gasteiger partial charge in [-0.15, -0.1) is 11.3 Å². The molecule has 72 valence electrons. The van der Waals surface area contributed by atoms with Crippen molar-refractivity contribution in [3.8, 4) is 0 Å². The van der Waals surface area contributed by atoms with Gasteiger partial charge in [0.2, 0.25) is 0 Å². The van der Waals surface area contributed by atoms with Crippen molar-refractivity contribution in [2.24, 2.45) is 0 Å². The van der Waals surface area contributed by atoms with Crippen LogP contribution in [0.15, 0.2) is 11.4 Å². The van der Waals surface area contributed by atoms with Crippen molar-refractivity contribution in [3.63, 3.8) is 0 Å². The van der Waals surface area contributed by atoms with E-state index < -0.39 is 0 Å². The monoisotopic (exact) mass is 204 g/mol. The molecule has 0 unspecified atom stereocenters. The number of rotatable bonds is 1. The Labute approximate surface area is 87.0 Å². The van der Waals surface area contributed by atoms with Crippen molar-refractivity contribution in [2.45, 2.75) is 19.3 Å². The molecule has 0 fully saturated rings. The summed E-state index contributed by atoms with van der Waals surface area (Å²) in [7, 11) is 2.01. The maximum absolute atomic E-state index is 4.69. The number of aryl methyl sites for hydroxylation is 1. The van der Waals surface area contributed by atoms with E-state index in [0.29, 0.717) is 0 Å². The number of hydrogen-bond acceptors (Lipinski definition) is 3. The lowest BCUT2D eigenvalue weighted by atomic mass is 10.1. The summed E-state index contributed by atoms with van der Waals surface area (Å²) in [6.07, 6.45) is 3.59. The van der Waals surface area contributed by atoms with Crippen LogP contribution >= 0.6 is 11.3 Å². The maximum atomic E-state index is 4.69. The molecular formula is C11H12N2S. The molecule has 2 heterocycles. The second-order valence-electron chi connectivity index (χ2n) is 3.65. The summed E-state index contributed by atoms with van der Waals surface area (Å²) in [5.41, 5.74) is 5.22. The number of nitrogens with zero attached hydrogens (tertiary/aromatic N) is 1. The minimum Gasteiger partial charge on any atom is -0.387 e. The fraction of sp³-hybridized carbons (Fsp3) is 0.364. The summed E-state index contributed by atoms with van der Waals surface area (Å²) in [4.78, 5) is 4.69. The number of anilines is 1. The van der Waals surface area contributed by atoms with E-state index in [-0.39, 0.29) is 0 Å². The maximum Gasteiger partial charge on any atom is 0.0834 e. The van der Waals surface area contributed by atoms with E-state index in [0.717, 1.165) is 11.9 Å². The largest absolute Gasteiger partial charge is 0.387 e. The highest BCUT2D eigenvalue weighted by atomic mass is 32.1. The fourth-order valence-electron chi connectivity index (χ4n) is 2.24. The fourth-order valence-corrected chi connectivity index (χ4v) is 3.16.